The van der Waals surface area contributed by atoms with E-state index in [1.807, 2.05) is 24.3 Å². The Bertz CT molecular complexity index is 652. The molecule has 6 nitrogen and oxygen atoms in total. The summed E-state index contributed by atoms with van der Waals surface area (Å²) in [5, 5.41) is 4.73. The zero-order valence-corrected chi connectivity index (χ0v) is 13.0. The number of nitrogens with one attached hydrogen (secondary N) is 1. The Kier molecular flexibility index (Phi) is 5.48. The molecule has 0 atom stereocenters. The lowest BCUT2D eigenvalue weighted by Crippen LogP contribution is -2.20. The summed E-state index contributed by atoms with van der Waals surface area (Å²) in [5.41, 5.74) is 6.84. The van der Waals surface area contributed by atoms with E-state index in [2.05, 4.69) is 17.2 Å². The highest BCUT2D eigenvalue weighted by atomic mass is 32.1. The minimum absolute atomic E-state index is 0.0622. The Labute approximate surface area is 132 Å². The fraction of sp³-hybridized carbons (Fsp3) is 0.267. The molecule has 0 aliphatic carbocycles. The van der Waals surface area contributed by atoms with Crippen LogP contribution < -0.4 is 15.8 Å². The second-order valence-corrected chi connectivity index (χ2v) is 5.48. The lowest BCUT2D eigenvalue weighted by Gasteiger charge is -2.06. The summed E-state index contributed by atoms with van der Waals surface area (Å²) >= 11 is 1.24. The van der Waals surface area contributed by atoms with Crippen molar-refractivity contribution < 1.29 is 14.3 Å². The van der Waals surface area contributed by atoms with Crippen molar-refractivity contribution in [2.45, 2.75) is 19.8 Å². The lowest BCUT2D eigenvalue weighted by molar-refractivity contribution is -0.118. The van der Waals surface area contributed by atoms with Crippen LogP contribution in [0.2, 0.25) is 0 Å². The van der Waals surface area contributed by atoms with E-state index in [1.165, 1.54) is 16.9 Å². The Morgan fingerprint density at radius 2 is 2.05 bits per heavy atom. The van der Waals surface area contributed by atoms with E-state index in [4.69, 9.17) is 10.5 Å². The van der Waals surface area contributed by atoms with E-state index in [0.717, 1.165) is 6.42 Å². The van der Waals surface area contributed by atoms with Gasteiger partial charge in [-0.1, -0.05) is 19.1 Å². The molecule has 0 aliphatic heterocycles. The Morgan fingerprint density at radius 3 is 2.68 bits per heavy atom. The zero-order chi connectivity index (χ0) is 15.9. The van der Waals surface area contributed by atoms with Gasteiger partial charge >= 0.3 is 0 Å². The molecule has 0 aliphatic rings. The lowest BCUT2D eigenvalue weighted by atomic mass is 10.2. The fourth-order valence-electron chi connectivity index (χ4n) is 1.75. The molecule has 1 aromatic carbocycles. The van der Waals surface area contributed by atoms with Crippen LogP contribution in [0.4, 0.5) is 5.13 Å². The minimum atomic E-state index is -0.456. The second-order valence-electron chi connectivity index (χ2n) is 4.62. The summed E-state index contributed by atoms with van der Waals surface area (Å²) in [6, 6.07) is 7.59. The van der Waals surface area contributed by atoms with Gasteiger partial charge in [-0.2, -0.15) is 0 Å². The first-order valence-electron chi connectivity index (χ1n) is 6.81. The molecule has 22 heavy (non-hydrogen) atoms. The number of primary amides is 1. The van der Waals surface area contributed by atoms with Gasteiger partial charge in [0.1, 0.15) is 5.75 Å². The van der Waals surface area contributed by atoms with E-state index in [0.29, 0.717) is 16.6 Å². The molecule has 0 radical (unpaired) electrons. The van der Waals surface area contributed by atoms with Crippen LogP contribution in [0.15, 0.2) is 29.6 Å². The number of carbonyl (C=O) groups is 2. The number of rotatable bonds is 7. The summed E-state index contributed by atoms with van der Waals surface area (Å²) in [4.78, 5) is 26.7. The molecule has 0 bridgehead atoms. The van der Waals surface area contributed by atoms with Crippen molar-refractivity contribution in [3.63, 3.8) is 0 Å². The van der Waals surface area contributed by atoms with Crippen molar-refractivity contribution in [3.8, 4) is 5.75 Å². The van der Waals surface area contributed by atoms with E-state index >= 15 is 0 Å². The summed E-state index contributed by atoms with van der Waals surface area (Å²) in [7, 11) is 0. The highest BCUT2D eigenvalue weighted by molar-refractivity contribution is 7.13. The number of hydrogen-bond acceptors (Lipinski definition) is 5. The van der Waals surface area contributed by atoms with Crippen molar-refractivity contribution in [3.05, 3.63) is 40.9 Å². The molecule has 0 spiro atoms. The zero-order valence-electron chi connectivity index (χ0n) is 12.2. The van der Waals surface area contributed by atoms with Gasteiger partial charge in [0, 0.05) is 5.38 Å². The quantitative estimate of drug-likeness (QED) is 0.813. The standard InChI is InChI=1S/C15H17N3O3S/c1-2-10-3-5-12(6-4-10)21-8-14(20)18-15-17-11(9-22-15)7-13(16)19/h3-6,9H,2,7-8H2,1H3,(H2,16,19)(H,17,18,20). The van der Waals surface area contributed by atoms with Crippen LogP contribution in [0.5, 0.6) is 5.75 Å². The van der Waals surface area contributed by atoms with Crippen LogP contribution in [-0.2, 0) is 22.4 Å². The minimum Gasteiger partial charge on any atom is -0.484 e. The molecule has 7 heteroatoms. The molecule has 2 rings (SSSR count). The van der Waals surface area contributed by atoms with Gasteiger partial charge in [-0.25, -0.2) is 4.98 Å². The third-order valence-electron chi connectivity index (χ3n) is 2.85. The highest BCUT2D eigenvalue weighted by Gasteiger charge is 2.09. The second kappa shape index (κ2) is 7.56. The summed E-state index contributed by atoms with van der Waals surface area (Å²) in [5.74, 6) is -0.123. The first-order chi connectivity index (χ1) is 10.6. The predicted octanol–water partition coefficient (Wildman–Crippen LogP) is 1.75. The third-order valence-corrected chi connectivity index (χ3v) is 3.66. The SMILES string of the molecule is CCc1ccc(OCC(=O)Nc2nc(CC(N)=O)cs2)cc1. The largest absolute Gasteiger partial charge is 0.484 e. The molecule has 0 saturated heterocycles. The molecule has 116 valence electrons. The van der Waals surface area contributed by atoms with Gasteiger partial charge in [0.15, 0.2) is 11.7 Å². The van der Waals surface area contributed by atoms with Crippen LogP contribution in [0, 0.1) is 0 Å². The molecular weight excluding hydrogens is 302 g/mol. The fourth-order valence-corrected chi connectivity index (χ4v) is 2.48. The number of aromatic nitrogens is 1. The van der Waals surface area contributed by atoms with Gasteiger partial charge in [0.25, 0.3) is 5.91 Å². The number of hydrogen-bond donors (Lipinski definition) is 2. The maximum atomic E-state index is 11.8. The highest BCUT2D eigenvalue weighted by Crippen LogP contribution is 2.16. The number of aryl methyl sites for hydroxylation is 1. The van der Waals surface area contributed by atoms with Crippen molar-refractivity contribution in [1.82, 2.24) is 4.98 Å². The predicted molar refractivity (Wildman–Crippen MR) is 85.0 cm³/mol. The normalized spacial score (nSPS) is 10.2. The Balaban J connectivity index is 1.82. The van der Waals surface area contributed by atoms with Gasteiger partial charge < -0.3 is 10.5 Å². The molecule has 2 amide bonds. The molecule has 0 saturated carbocycles. The van der Waals surface area contributed by atoms with Crippen molar-refractivity contribution in [2.75, 3.05) is 11.9 Å². The topological polar surface area (TPSA) is 94.3 Å². The van der Waals surface area contributed by atoms with Crippen LogP contribution in [0.1, 0.15) is 18.2 Å². The molecular formula is C15H17N3O3S. The van der Waals surface area contributed by atoms with Gasteiger partial charge in [-0.15, -0.1) is 11.3 Å². The number of anilines is 1. The average Bonchev–Trinajstić information content (AvgIpc) is 2.92. The van der Waals surface area contributed by atoms with Crippen molar-refractivity contribution >= 4 is 28.3 Å². The maximum Gasteiger partial charge on any atom is 0.264 e. The number of ether oxygens (including phenoxy) is 1. The number of thiazole rings is 1. The van der Waals surface area contributed by atoms with Gasteiger partial charge in [-0.3, -0.25) is 14.9 Å². The number of nitrogens with zero attached hydrogens (tertiary/aromatic N) is 1. The molecule has 2 aromatic rings. The number of nitrogens with two attached hydrogens (primary N) is 1. The Hall–Kier alpha value is -2.41. The van der Waals surface area contributed by atoms with Gasteiger partial charge in [-0.05, 0) is 24.1 Å². The van der Waals surface area contributed by atoms with Gasteiger partial charge in [0.2, 0.25) is 5.91 Å². The van der Waals surface area contributed by atoms with Crippen LogP contribution in [0.3, 0.4) is 0 Å². The van der Waals surface area contributed by atoms with E-state index in [9.17, 15) is 9.59 Å². The smallest absolute Gasteiger partial charge is 0.264 e. The number of benzene rings is 1. The molecule has 0 fully saturated rings. The molecule has 1 heterocycles. The summed E-state index contributed by atoms with van der Waals surface area (Å²) in [6.07, 6.45) is 1.02. The number of carbonyl (C=O) groups excluding carboxylic acids is 2. The maximum absolute atomic E-state index is 11.8. The van der Waals surface area contributed by atoms with Crippen molar-refractivity contribution in [2.24, 2.45) is 5.73 Å². The number of amides is 2. The average molecular weight is 319 g/mol. The van der Waals surface area contributed by atoms with E-state index in [-0.39, 0.29) is 18.9 Å². The van der Waals surface area contributed by atoms with Crippen LogP contribution in [-0.4, -0.2) is 23.4 Å². The molecule has 1 aromatic heterocycles. The first-order valence-corrected chi connectivity index (χ1v) is 7.69. The first kappa shape index (κ1) is 16.0. The van der Waals surface area contributed by atoms with Gasteiger partial charge in [0.05, 0.1) is 12.1 Å². The molecule has 0 unspecified atom stereocenters. The van der Waals surface area contributed by atoms with E-state index in [1.54, 1.807) is 5.38 Å². The Morgan fingerprint density at radius 1 is 1.32 bits per heavy atom. The van der Waals surface area contributed by atoms with Crippen LogP contribution >= 0.6 is 11.3 Å². The molecule has 3 N–H and O–H groups in total. The van der Waals surface area contributed by atoms with E-state index < -0.39 is 5.91 Å². The third kappa shape index (κ3) is 4.85. The summed E-state index contributed by atoms with van der Waals surface area (Å²) in [6.45, 7) is 1.97. The summed E-state index contributed by atoms with van der Waals surface area (Å²) < 4.78 is 5.40. The van der Waals surface area contributed by atoms with Crippen LogP contribution in [0.25, 0.3) is 0 Å². The monoisotopic (exact) mass is 319 g/mol. The van der Waals surface area contributed by atoms with Crippen molar-refractivity contribution in [1.29, 1.82) is 0 Å².